The Labute approximate surface area is 160 Å². The first-order valence-electron chi connectivity index (χ1n) is 9.12. The average molecular weight is 382 g/mol. The number of halogens is 1. The summed E-state index contributed by atoms with van der Waals surface area (Å²) >= 11 is 5.80. The van der Waals surface area contributed by atoms with Gasteiger partial charge in [-0.05, 0) is 44.5 Å². The molecule has 0 bridgehead atoms. The van der Waals surface area contributed by atoms with E-state index in [1.165, 1.54) is 0 Å². The number of carbonyl (C=O) groups is 2. The van der Waals surface area contributed by atoms with E-state index in [0.717, 1.165) is 19.6 Å². The van der Waals surface area contributed by atoms with E-state index in [1.54, 1.807) is 24.3 Å². The Hall–Kier alpha value is -1.63. The number of rotatable bonds is 8. The number of nitrogens with zero attached hydrogens (tertiary/aromatic N) is 1. The maximum Gasteiger partial charge on any atom is 0.251 e. The van der Waals surface area contributed by atoms with E-state index in [0.29, 0.717) is 36.5 Å². The molecule has 1 heterocycles. The van der Waals surface area contributed by atoms with Crippen LogP contribution in [-0.4, -0.2) is 61.6 Å². The molecule has 1 fully saturated rings. The molecule has 1 aromatic rings. The number of morpholine rings is 1. The number of amides is 2. The molecular formula is C19H28ClN3O3. The molecule has 7 heteroatoms. The first-order valence-corrected chi connectivity index (χ1v) is 9.50. The largest absolute Gasteiger partial charge is 0.373 e. The molecule has 2 rings (SSSR count). The van der Waals surface area contributed by atoms with Crippen molar-refractivity contribution in [3.05, 3.63) is 34.9 Å². The predicted molar refractivity (Wildman–Crippen MR) is 102 cm³/mol. The zero-order valence-electron chi connectivity index (χ0n) is 15.5. The van der Waals surface area contributed by atoms with E-state index in [-0.39, 0.29) is 24.0 Å². The minimum atomic E-state index is -0.155. The van der Waals surface area contributed by atoms with Gasteiger partial charge in [-0.25, -0.2) is 0 Å². The Balaban J connectivity index is 1.55. The van der Waals surface area contributed by atoms with E-state index in [2.05, 4.69) is 29.4 Å². The number of benzene rings is 1. The van der Waals surface area contributed by atoms with E-state index in [4.69, 9.17) is 16.3 Å². The van der Waals surface area contributed by atoms with Crippen LogP contribution in [0.5, 0.6) is 0 Å². The van der Waals surface area contributed by atoms with Crippen molar-refractivity contribution in [3.63, 3.8) is 0 Å². The van der Waals surface area contributed by atoms with Crippen LogP contribution in [0, 0.1) is 0 Å². The van der Waals surface area contributed by atoms with Crippen molar-refractivity contribution in [3.8, 4) is 0 Å². The summed E-state index contributed by atoms with van der Waals surface area (Å²) in [5, 5.41) is 6.34. The SMILES string of the molecule is C[C@H]1CN(CCNC(=O)CCCNC(=O)c2ccc(Cl)cc2)C[C@H](C)O1. The van der Waals surface area contributed by atoms with Gasteiger partial charge in [-0.15, -0.1) is 0 Å². The topological polar surface area (TPSA) is 70.7 Å². The molecule has 144 valence electrons. The summed E-state index contributed by atoms with van der Waals surface area (Å²) in [6.07, 6.45) is 1.48. The second-order valence-electron chi connectivity index (χ2n) is 6.73. The molecule has 0 radical (unpaired) electrons. The normalized spacial score (nSPS) is 20.6. The maximum atomic E-state index is 11.9. The molecule has 0 aromatic heterocycles. The number of carbonyl (C=O) groups excluding carboxylic acids is 2. The summed E-state index contributed by atoms with van der Waals surface area (Å²) < 4.78 is 5.70. The van der Waals surface area contributed by atoms with Crippen LogP contribution in [0.15, 0.2) is 24.3 Å². The highest BCUT2D eigenvalue weighted by Gasteiger charge is 2.21. The van der Waals surface area contributed by atoms with Crippen LogP contribution in [0.2, 0.25) is 5.02 Å². The van der Waals surface area contributed by atoms with Gasteiger partial charge in [-0.2, -0.15) is 0 Å². The maximum absolute atomic E-state index is 11.9. The van der Waals surface area contributed by atoms with Gasteiger partial charge in [0.25, 0.3) is 5.91 Å². The van der Waals surface area contributed by atoms with Gasteiger partial charge in [0.05, 0.1) is 12.2 Å². The van der Waals surface area contributed by atoms with E-state index in [1.807, 2.05) is 0 Å². The van der Waals surface area contributed by atoms with Gasteiger partial charge in [0, 0.05) is 49.7 Å². The average Bonchev–Trinajstić information content (AvgIpc) is 2.58. The van der Waals surface area contributed by atoms with Crippen molar-refractivity contribution in [1.29, 1.82) is 0 Å². The second-order valence-corrected chi connectivity index (χ2v) is 7.17. The Morgan fingerprint density at radius 3 is 2.42 bits per heavy atom. The summed E-state index contributed by atoms with van der Waals surface area (Å²) in [4.78, 5) is 26.1. The minimum absolute atomic E-state index is 0.0140. The molecule has 26 heavy (non-hydrogen) atoms. The molecule has 1 aliphatic rings. The first kappa shape index (κ1) is 20.7. The van der Waals surface area contributed by atoms with Crippen LogP contribution >= 0.6 is 11.6 Å². The molecule has 0 spiro atoms. The highest BCUT2D eigenvalue weighted by Crippen LogP contribution is 2.10. The number of nitrogens with one attached hydrogen (secondary N) is 2. The molecule has 0 unspecified atom stereocenters. The van der Waals surface area contributed by atoms with Crippen LogP contribution < -0.4 is 10.6 Å². The molecule has 1 saturated heterocycles. The number of hydrogen-bond donors (Lipinski definition) is 2. The third-order valence-corrected chi connectivity index (χ3v) is 4.47. The van der Waals surface area contributed by atoms with Gasteiger partial charge in [0.15, 0.2) is 0 Å². The third kappa shape index (κ3) is 7.32. The smallest absolute Gasteiger partial charge is 0.251 e. The van der Waals surface area contributed by atoms with Crippen molar-refractivity contribution in [1.82, 2.24) is 15.5 Å². The Bertz CT molecular complexity index is 584. The summed E-state index contributed by atoms with van der Waals surface area (Å²) in [7, 11) is 0. The van der Waals surface area contributed by atoms with Crippen molar-refractivity contribution in [2.45, 2.75) is 38.9 Å². The van der Waals surface area contributed by atoms with Crippen molar-refractivity contribution >= 4 is 23.4 Å². The standard InChI is InChI=1S/C19H28ClN3O3/c1-14-12-23(13-15(2)26-14)11-10-21-18(24)4-3-9-22-19(25)16-5-7-17(20)8-6-16/h5-8,14-15H,3-4,9-13H2,1-2H3,(H,21,24)(H,22,25)/t14-,15-/m0/s1. The minimum Gasteiger partial charge on any atom is -0.373 e. The Kier molecular flexibility index (Phi) is 8.35. The Morgan fingerprint density at radius 1 is 1.12 bits per heavy atom. The molecular weight excluding hydrogens is 354 g/mol. The number of ether oxygens (including phenoxy) is 1. The lowest BCUT2D eigenvalue weighted by molar-refractivity contribution is -0.121. The summed E-state index contributed by atoms with van der Waals surface area (Å²) in [6.45, 7) is 7.87. The van der Waals surface area contributed by atoms with Gasteiger partial charge in [-0.1, -0.05) is 11.6 Å². The lowest BCUT2D eigenvalue weighted by atomic mass is 10.2. The quantitative estimate of drug-likeness (QED) is 0.676. The summed E-state index contributed by atoms with van der Waals surface area (Å²) in [5.41, 5.74) is 0.563. The molecule has 1 aliphatic heterocycles. The molecule has 0 saturated carbocycles. The van der Waals surface area contributed by atoms with Crippen LogP contribution in [0.3, 0.4) is 0 Å². The van der Waals surface area contributed by atoms with Gasteiger partial charge in [0.1, 0.15) is 0 Å². The Morgan fingerprint density at radius 2 is 1.77 bits per heavy atom. The third-order valence-electron chi connectivity index (χ3n) is 4.22. The number of hydrogen-bond acceptors (Lipinski definition) is 4. The predicted octanol–water partition coefficient (Wildman–Crippen LogP) is 2.08. The van der Waals surface area contributed by atoms with E-state index >= 15 is 0 Å². The molecule has 0 aliphatic carbocycles. The van der Waals surface area contributed by atoms with Gasteiger partial charge >= 0.3 is 0 Å². The second kappa shape index (κ2) is 10.5. The van der Waals surface area contributed by atoms with Crippen LogP contribution in [-0.2, 0) is 9.53 Å². The molecule has 2 amide bonds. The first-order chi connectivity index (χ1) is 12.4. The molecule has 6 nitrogen and oxygen atoms in total. The lowest BCUT2D eigenvalue weighted by Gasteiger charge is -2.35. The monoisotopic (exact) mass is 381 g/mol. The fraction of sp³-hybridized carbons (Fsp3) is 0.579. The zero-order valence-corrected chi connectivity index (χ0v) is 16.2. The fourth-order valence-corrected chi connectivity index (χ4v) is 3.19. The van der Waals surface area contributed by atoms with E-state index in [9.17, 15) is 9.59 Å². The fourth-order valence-electron chi connectivity index (χ4n) is 3.06. The van der Waals surface area contributed by atoms with E-state index < -0.39 is 0 Å². The van der Waals surface area contributed by atoms with Crippen LogP contribution in [0.1, 0.15) is 37.0 Å². The van der Waals surface area contributed by atoms with Gasteiger partial charge in [0.2, 0.25) is 5.91 Å². The zero-order chi connectivity index (χ0) is 18.9. The van der Waals surface area contributed by atoms with Gasteiger partial charge in [-0.3, -0.25) is 14.5 Å². The highest BCUT2D eigenvalue weighted by molar-refractivity contribution is 6.30. The van der Waals surface area contributed by atoms with Crippen LogP contribution in [0.25, 0.3) is 0 Å². The molecule has 2 N–H and O–H groups in total. The molecule has 2 atom stereocenters. The van der Waals surface area contributed by atoms with Crippen molar-refractivity contribution < 1.29 is 14.3 Å². The summed E-state index contributed by atoms with van der Waals surface area (Å²) in [6, 6.07) is 6.72. The highest BCUT2D eigenvalue weighted by atomic mass is 35.5. The molecule has 1 aromatic carbocycles. The lowest BCUT2D eigenvalue weighted by Crippen LogP contribution is -2.47. The van der Waals surface area contributed by atoms with Crippen LogP contribution in [0.4, 0.5) is 0 Å². The summed E-state index contributed by atoms with van der Waals surface area (Å²) in [5.74, 6) is -0.141. The van der Waals surface area contributed by atoms with Crippen molar-refractivity contribution in [2.24, 2.45) is 0 Å². The van der Waals surface area contributed by atoms with Gasteiger partial charge < -0.3 is 15.4 Å². The van der Waals surface area contributed by atoms with Crippen molar-refractivity contribution in [2.75, 3.05) is 32.7 Å².